The van der Waals surface area contributed by atoms with Crippen LogP contribution in [0.4, 0.5) is 5.69 Å². The van der Waals surface area contributed by atoms with Crippen LogP contribution < -0.4 is 5.56 Å². The van der Waals surface area contributed by atoms with E-state index < -0.39 is 13.0 Å². The van der Waals surface area contributed by atoms with E-state index in [4.69, 9.17) is 9.15 Å². The molecule has 9 nitrogen and oxygen atoms in total. The minimum Gasteiger partial charge on any atom is -0.453 e. The van der Waals surface area contributed by atoms with Crippen LogP contribution in [0.15, 0.2) is 52.0 Å². The van der Waals surface area contributed by atoms with E-state index >= 15 is 0 Å². The summed E-state index contributed by atoms with van der Waals surface area (Å²) in [5.41, 5.74) is 0.654. The predicted molar refractivity (Wildman–Crippen MR) is 138 cm³/mol. The number of nitro groups is 1. The molecule has 3 aromatic heterocycles. The minimum atomic E-state index is -1.25. The summed E-state index contributed by atoms with van der Waals surface area (Å²) in [5.74, 6) is 0.193. The maximum absolute atomic E-state index is 13.0. The summed E-state index contributed by atoms with van der Waals surface area (Å²) < 4.78 is 14.9. The van der Waals surface area contributed by atoms with Crippen molar-refractivity contribution in [1.82, 2.24) is 14.3 Å². The summed E-state index contributed by atoms with van der Waals surface area (Å²) in [6, 6.07) is 2.56. The fourth-order valence-corrected chi connectivity index (χ4v) is 5.12. The minimum absolute atomic E-state index is 0.0811. The van der Waals surface area contributed by atoms with Crippen LogP contribution in [0.3, 0.4) is 0 Å². The van der Waals surface area contributed by atoms with Crippen molar-refractivity contribution in [3.05, 3.63) is 68.8 Å². The van der Waals surface area contributed by atoms with Crippen LogP contribution in [0.25, 0.3) is 22.4 Å². The zero-order valence-corrected chi connectivity index (χ0v) is 21.9. The molecule has 0 fully saturated rings. The zero-order valence-electron chi connectivity index (χ0n) is 20.9. The highest BCUT2D eigenvalue weighted by molar-refractivity contribution is 6.76. The highest BCUT2D eigenvalue weighted by atomic mass is 28.3. The molecule has 0 saturated carbocycles. The van der Waals surface area contributed by atoms with Crippen LogP contribution in [0, 0.1) is 10.1 Å². The predicted octanol–water partition coefficient (Wildman–Crippen LogP) is 5.38. The second kappa shape index (κ2) is 9.42. The average molecular weight is 497 g/mol. The molecule has 1 aliphatic rings. The number of hydrogen-bond donors (Lipinski definition) is 0. The first kappa shape index (κ1) is 24.9. The van der Waals surface area contributed by atoms with Gasteiger partial charge in [0.05, 0.1) is 10.3 Å². The highest BCUT2D eigenvalue weighted by Crippen LogP contribution is 2.41. The van der Waals surface area contributed by atoms with Gasteiger partial charge in [-0.3, -0.25) is 14.9 Å². The smallest absolute Gasteiger partial charge is 0.318 e. The van der Waals surface area contributed by atoms with Gasteiger partial charge >= 0.3 is 5.69 Å². The summed E-state index contributed by atoms with van der Waals surface area (Å²) in [6.07, 6.45) is 13.0. The third kappa shape index (κ3) is 4.94. The molecule has 35 heavy (non-hydrogen) atoms. The molecule has 1 atom stereocenters. The van der Waals surface area contributed by atoms with Crippen molar-refractivity contribution in [2.45, 2.75) is 57.6 Å². The van der Waals surface area contributed by atoms with Crippen molar-refractivity contribution >= 4 is 24.7 Å². The summed E-state index contributed by atoms with van der Waals surface area (Å²) in [4.78, 5) is 24.3. The average Bonchev–Trinajstić information content (AvgIpc) is 3.44. The summed E-state index contributed by atoms with van der Waals surface area (Å²) >= 11 is 0. The van der Waals surface area contributed by atoms with E-state index in [1.807, 2.05) is 18.3 Å². The van der Waals surface area contributed by atoms with Gasteiger partial charge < -0.3 is 13.7 Å². The molecule has 3 aromatic rings. The number of pyridine rings is 1. The van der Waals surface area contributed by atoms with Gasteiger partial charge in [0, 0.05) is 38.9 Å². The maximum atomic E-state index is 13.0. The molecule has 0 spiro atoms. The molecular formula is C25H32N4O5Si. The maximum Gasteiger partial charge on any atom is 0.318 e. The van der Waals surface area contributed by atoms with Gasteiger partial charge in [0.15, 0.2) is 5.76 Å². The van der Waals surface area contributed by atoms with E-state index in [0.717, 1.165) is 24.4 Å². The van der Waals surface area contributed by atoms with Crippen LogP contribution >= 0.6 is 0 Å². The van der Waals surface area contributed by atoms with Crippen molar-refractivity contribution in [3.63, 3.8) is 0 Å². The van der Waals surface area contributed by atoms with E-state index in [1.54, 1.807) is 17.7 Å². The normalized spacial score (nSPS) is 18.0. The molecule has 0 bridgehead atoms. The van der Waals surface area contributed by atoms with Gasteiger partial charge in [0.25, 0.3) is 5.56 Å². The van der Waals surface area contributed by atoms with Gasteiger partial charge in [-0.1, -0.05) is 50.9 Å². The molecule has 3 heterocycles. The van der Waals surface area contributed by atoms with Crippen molar-refractivity contribution in [3.8, 4) is 11.5 Å². The van der Waals surface area contributed by atoms with Crippen LogP contribution in [-0.4, -0.2) is 34.0 Å². The number of aromatic nitrogens is 3. The van der Waals surface area contributed by atoms with Crippen LogP contribution in [0.1, 0.15) is 25.3 Å². The highest BCUT2D eigenvalue weighted by Gasteiger charge is 2.33. The van der Waals surface area contributed by atoms with Gasteiger partial charge in [-0.05, 0) is 25.0 Å². The van der Waals surface area contributed by atoms with Gasteiger partial charge in [-0.25, -0.2) is 4.68 Å². The standard InChI is InChI=1S/C25H32N4O5Si/c1-6-25(10-8-7-9-11-25)19-15-27(2)24(30)18-14-21(34-23(18)19)22-20(29(31)32)16-28(26-22)17-33-12-13-35(3,4)5/h7-10,14-16H,6,11-13,17H2,1-5H3. The number of hydrogen-bond acceptors (Lipinski definition) is 6. The second-order valence-electron chi connectivity index (χ2n) is 10.3. The largest absolute Gasteiger partial charge is 0.453 e. The lowest BCUT2D eigenvalue weighted by Crippen LogP contribution is -2.27. The third-order valence-corrected chi connectivity index (χ3v) is 8.26. The summed E-state index contributed by atoms with van der Waals surface area (Å²) in [5, 5.41) is 16.6. The quantitative estimate of drug-likeness (QED) is 0.170. The fourth-order valence-electron chi connectivity index (χ4n) is 4.36. The lowest BCUT2D eigenvalue weighted by atomic mass is 9.73. The van der Waals surface area contributed by atoms with Crippen molar-refractivity contribution in [2.75, 3.05) is 6.61 Å². The third-order valence-electron chi connectivity index (χ3n) is 6.55. The monoisotopic (exact) mass is 496 g/mol. The van der Waals surface area contributed by atoms with Crippen molar-refractivity contribution < 1.29 is 14.1 Å². The van der Waals surface area contributed by atoms with E-state index in [-0.39, 0.29) is 34.8 Å². The Kier molecular flexibility index (Phi) is 6.70. The van der Waals surface area contributed by atoms with Gasteiger partial charge in [-0.2, -0.15) is 5.10 Å². The Morgan fingerprint density at radius 2 is 2.06 bits per heavy atom. The Bertz CT molecular complexity index is 1370. The molecule has 0 N–H and O–H groups in total. The molecule has 1 unspecified atom stereocenters. The first-order chi connectivity index (χ1) is 16.5. The Hall–Kier alpha value is -3.24. The van der Waals surface area contributed by atoms with Crippen LogP contribution in [0.5, 0.6) is 0 Å². The zero-order chi connectivity index (χ0) is 25.4. The molecule has 0 amide bonds. The van der Waals surface area contributed by atoms with Gasteiger partial charge in [0.2, 0.25) is 5.69 Å². The van der Waals surface area contributed by atoms with E-state index in [1.165, 1.54) is 10.9 Å². The molecule has 0 aliphatic heterocycles. The van der Waals surface area contributed by atoms with Crippen molar-refractivity contribution in [1.29, 1.82) is 0 Å². The number of fused-ring (bicyclic) bond motifs is 1. The van der Waals surface area contributed by atoms with E-state index in [2.05, 4.69) is 43.8 Å². The van der Waals surface area contributed by atoms with Crippen LogP contribution in [-0.2, 0) is 23.9 Å². The Morgan fingerprint density at radius 3 is 2.69 bits per heavy atom. The molecule has 186 valence electrons. The number of allylic oxidation sites excluding steroid dienone is 4. The Labute approximate surface area is 204 Å². The summed E-state index contributed by atoms with van der Waals surface area (Å²) in [6.45, 7) is 9.55. The number of rotatable bonds is 9. The lowest BCUT2D eigenvalue weighted by molar-refractivity contribution is -0.384. The lowest BCUT2D eigenvalue weighted by Gasteiger charge is -2.30. The first-order valence-electron chi connectivity index (χ1n) is 11.8. The topological polar surface area (TPSA) is 105 Å². The number of ether oxygens (including phenoxy) is 1. The van der Waals surface area contributed by atoms with Gasteiger partial charge in [-0.15, -0.1) is 0 Å². The Morgan fingerprint density at radius 1 is 1.29 bits per heavy atom. The molecule has 10 heteroatoms. The molecule has 0 aromatic carbocycles. The fraction of sp³-hybridized carbons (Fsp3) is 0.440. The summed E-state index contributed by atoms with van der Waals surface area (Å²) in [7, 11) is 0.458. The molecule has 4 rings (SSSR count). The molecule has 0 saturated heterocycles. The first-order valence-corrected chi connectivity index (χ1v) is 15.5. The van der Waals surface area contributed by atoms with Crippen LogP contribution in [0.2, 0.25) is 25.7 Å². The van der Waals surface area contributed by atoms with Crippen molar-refractivity contribution in [2.24, 2.45) is 7.05 Å². The SMILES string of the molecule is CCC1(c2cn(C)c(=O)c3cc(-c4nn(COCC[Si](C)(C)C)cc4[N+](=O)[O-])oc23)C=CC=CC1. The molecular weight excluding hydrogens is 464 g/mol. The van der Waals surface area contributed by atoms with E-state index in [0.29, 0.717) is 17.6 Å². The Balaban J connectivity index is 1.77. The van der Waals surface area contributed by atoms with Gasteiger partial charge in [0.1, 0.15) is 18.5 Å². The number of furan rings is 1. The number of aryl methyl sites for hydroxylation is 1. The molecule has 0 radical (unpaired) electrons. The molecule has 1 aliphatic carbocycles. The second-order valence-corrected chi connectivity index (χ2v) is 15.9. The number of nitrogens with zero attached hydrogens (tertiary/aromatic N) is 4. The van der Waals surface area contributed by atoms with E-state index in [9.17, 15) is 14.9 Å².